The van der Waals surface area contributed by atoms with Crippen molar-refractivity contribution in [2.75, 3.05) is 79.5 Å². The van der Waals surface area contributed by atoms with E-state index in [1.165, 1.54) is 0 Å². The van der Waals surface area contributed by atoms with Crippen LogP contribution in [0.15, 0.2) is 0 Å². The summed E-state index contributed by atoms with van der Waals surface area (Å²) in [6.07, 6.45) is 0. The Morgan fingerprint density at radius 3 is 1.05 bits per heavy atom. The predicted molar refractivity (Wildman–Crippen MR) is 74.0 cm³/mol. The van der Waals surface area contributed by atoms with Gasteiger partial charge in [-0.05, 0) is 0 Å². The molecule has 0 N–H and O–H groups in total. The van der Waals surface area contributed by atoms with E-state index in [-0.39, 0.29) is 59.5 Å². The van der Waals surface area contributed by atoms with E-state index in [1.54, 1.807) is 0 Å². The fourth-order valence-corrected chi connectivity index (χ4v) is 2.38. The molecule has 0 fully saturated rings. The van der Waals surface area contributed by atoms with Crippen LogP contribution in [0, 0.1) is 0 Å². The molecule has 0 aliphatic heterocycles. The molecule has 0 aromatic rings. The molecule has 0 heterocycles. The highest BCUT2D eigenvalue weighted by atomic mass is 27.3. The molecule has 0 aromatic carbocycles. The highest BCUT2D eigenvalue weighted by Crippen LogP contribution is 1.95. The zero-order valence-corrected chi connectivity index (χ0v) is 13.8. The molecular weight excluding hydrogens is 324 g/mol. The van der Waals surface area contributed by atoms with Gasteiger partial charge in [0.1, 0.15) is 20.0 Å². The Bertz CT molecular complexity index is 186. The Morgan fingerprint density at radius 1 is 0.455 bits per heavy atom. The molecule has 0 saturated heterocycles. The maximum Gasteiger partial charge on any atom is 0.905 e. The molecule has 0 radical (unpaired) electrons. The second kappa shape index (κ2) is 19.1. The summed E-state index contributed by atoms with van der Waals surface area (Å²) in [5.41, 5.74) is 0. The fourth-order valence-electron chi connectivity index (χ4n) is 1.22. The second-order valence-corrected chi connectivity index (χ2v) is 5.38. The monoisotopic (exact) mass is 348 g/mol. The van der Waals surface area contributed by atoms with Gasteiger partial charge in [-0.2, -0.15) is 0 Å². The standard InChI is InChI=1S/3C4H8FO2.Al/c3*5-1-3-7-4-2-6;/h3*1-4H2;/q3*-1;+3. The van der Waals surface area contributed by atoms with Crippen molar-refractivity contribution in [3.8, 4) is 0 Å². The van der Waals surface area contributed by atoms with Crippen LogP contribution in [-0.4, -0.2) is 94.6 Å². The SMILES string of the molecule is FCCOCC[O][Al]([O]CCOCCF)[O]CCOCCF. The third-order valence-electron chi connectivity index (χ3n) is 2.11. The molecule has 0 rings (SSSR count). The molecule has 132 valence electrons. The smallest absolute Gasteiger partial charge is 0.452 e. The van der Waals surface area contributed by atoms with Crippen molar-refractivity contribution in [3.05, 3.63) is 0 Å². The molecule has 0 atom stereocenters. The first kappa shape index (κ1) is 22.1. The molecule has 0 spiro atoms. The lowest BCUT2D eigenvalue weighted by molar-refractivity contribution is 0.0168. The molecular formula is C12H24AlF3O6. The van der Waals surface area contributed by atoms with E-state index in [9.17, 15) is 13.2 Å². The van der Waals surface area contributed by atoms with Gasteiger partial charge in [0, 0.05) is 19.8 Å². The van der Waals surface area contributed by atoms with Crippen LogP contribution in [0.5, 0.6) is 0 Å². The largest absolute Gasteiger partial charge is 0.905 e. The predicted octanol–water partition coefficient (Wildman–Crippen LogP) is 0.979. The van der Waals surface area contributed by atoms with Gasteiger partial charge in [-0.3, -0.25) is 0 Å². The first-order chi connectivity index (χ1) is 10.8. The lowest BCUT2D eigenvalue weighted by Crippen LogP contribution is -2.31. The van der Waals surface area contributed by atoms with Gasteiger partial charge in [0.25, 0.3) is 0 Å². The highest BCUT2D eigenvalue weighted by molar-refractivity contribution is 6.36. The topological polar surface area (TPSA) is 55.4 Å². The number of halogens is 3. The van der Waals surface area contributed by atoms with Crippen molar-refractivity contribution in [3.63, 3.8) is 0 Å². The molecule has 0 amide bonds. The van der Waals surface area contributed by atoms with Crippen LogP contribution >= 0.6 is 0 Å². The van der Waals surface area contributed by atoms with Crippen LogP contribution in [-0.2, 0) is 25.6 Å². The van der Waals surface area contributed by atoms with E-state index in [2.05, 4.69) is 0 Å². The molecule has 22 heavy (non-hydrogen) atoms. The first-order valence-electron chi connectivity index (χ1n) is 7.11. The van der Waals surface area contributed by atoms with Crippen LogP contribution in [0.2, 0.25) is 0 Å². The van der Waals surface area contributed by atoms with E-state index >= 15 is 0 Å². The molecule has 0 aromatic heterocycles. The van der Waals surface area contributed by atoms with Gasteiger partial charge in [-0.15, -0.1) is 0 Å². The summed E-state index contributed by atoms with van der Waals surface area (Å²) in [5.74, 6) is 0. The van der Waals surface area contributed by atoms with Gasteiger partial charge >= 0.3 is 15.1 Å². The van der Waals surface area contributed by atoms with Gasteiger partial charge in [0.15, 0.2) is 0 Å². The fraction of sp³-hybridized carbons (Fsp3) is 1.00. The summed E-state index contributed by atoms with van der Waals surface area (Å²) in [7, 11) is 0. The Labute approximate surface area is 134 Å². The summed E-state index contributed by atoms with van der Waals surface area (Å²) in [6.45, 7) is -0.245. The van der Waals surface area contributed by atoms with Crippen LogP contribution < -0.4 is 0 Å². The van der Waals surface area contributed by atoms with Crippen molar-refractivity contribution in [2.24, 2.45) is 0 Å². The van der Waals surface area contributed by atoms with Crippen LogP contribution in [0.1, 0.15) is 0 Å². The maximum atomic E-state index is 11.8. The van der Waals surface area contributed by atoms with Gasteiger partial charge in [0.2, 0.25) is 0 Å². The third kappa shape index (κ3) is 16.5. The van der Waals surface area contributed by atoms with Crippen LogP contribution in [0.4, 0.5) is 13.2 Å². The van der Waals surface area contributed by atoms with Crippen molar-refractivity contribution in [1.29, 1.82) is 0 Å². The van der Waals surface area contributed by atoms with E-state index in [0.29, 0.717) is 0 Å². The van der Waals surface area contributed by atoms with Gasteiger partial charge in [-0.1, -0.05) is 0 Å². The molecule has 0 unspecified atom stereocenters. The van der Waals surface area contributed by atoms with Crippen LogP contribution in [0.25, 0.3) is 0 Å². The van der Waals surface area contributed by atoms with Crippen molar-refractivity contribution in [1.82, 2.24) is 0 Å². The minimum absolute atomic E-state index is 0.0193. The Morgan fingerprint density at radius 2 is 0.773 bits per heavy atom. The zero-order chi connectivity index (χ0) is 16.3. The summed E-state index contributed by atoms with van der Waals surface area (Å²) < 4.78 is 66.4. The van der Waals surface area contributed by atoms with Crippen molar-refractivity contribution in [2.45, 2.75) is 0 Å². The Kier molecular flexibility index (Phi) is 19.2. The lowest BCUT2D eigenvalue weighted by atomic mass is 10.7. The van der Waals surface area contributed by atoms with Crippen molar-refractivity contribution < 1.29 is 38.7 Å². The quantitative estimate of drug-likeness (QED) is 0.272. The molecule has 0 aliphatic carbocycles. The van der Waals surface area contributed by atoms with E-state index < -0.39 is 35.2 Å². The first-order valence-corrected chi connectivity index (χ1v) is 8.52. The molecule has 0 bridgehead atoms. The maximum absolute atomic E-state index is 11.8. The average molecular weight is 348 g/mol. The summed E-state index contributed by atoms with van der Waals surface area (Å²) in [4.78, 5) is 0. The van der Waals surface area contributed by atoms with Gasteiger partial charge < -0.3 is 25.6 Å². The molecule has 0 aliphatic rings. The summed E-state index contributed by atoms with van der Waals surface area (Å²) in [6, 6.07) is 0. The molecule has 10 heteroatoms. The minimum atomic E-state index is -2.41. The number of alkyl halides is 3. The highest BCUT2D eigenvalue weighted by Gasteiger charge is 2.30. The van der Waals surface area contributed by atoms with E-state index in [0.717, 1.165) is 0 Å². The molecule has 6 nitrogen and oxygen atoms in total. The Hall–Kier alpha value is 0.0825. The Balaban J connectivity index is 3.72. The number of ether oxygens (including phenoxy) is 3. The number of hydrogen-bond acceptors (Lipinski definition) is 6. The minimum Gasteiger partial charge on any atom is -0.452 e. The van der Waals surface area contributed by atoms with E-state index in [4.69, 9.17) is 25.6 Å². The van der Waals surface area contributed by atoms with Gasteiger partial charge in [0.05, 0.1) is 39.6 Å². The van der Waals surface area contributed by atoms with Gasteiger partial charge in [-0.25, -0.2) is 13.2 Å². The third-order valence-corrected chi connectivity index (χ3v) is 3.63. The summed E-state index contributed by atoms with van der Waals surface area (Å²) in [5, 5.41) is 0. The summed E-state index contributed by atoms with van der Waals surface area (Å²) >= 11 is -2.41. The second-order valence-electron chi connectivity index (χ2n) is 3.81. The van der Waals surface area contributed by atoms with Crippen molar-refractivity contribution >= 4 is 15.1 Å². The average Bonchev–Trinajstić information content (AvgIpc) is 2.53. The van der Waals surface area contributed by atoms with Crippen LogP contribution in [0.3, 0.4) is 0 Å². The number of hydrogen-bond donors (Lipinski definition) is 0. The molecule has 0 saturated carbocycles. The number of rotatable bonds is 18. The zero-order valence-electron chi connectivity index (χ0n) is 12.6. The lowest BCUT2D eigenvalue weighted by Gasteiger charge is -2.14. The van der Waals surface area contributed by atoms with E-state index in [1.807, 2.05) is 0 Å². The normalized spacial score (nSPS) is 11.0.